The summed E-state index contributed by atoms with van der Waals surface area (Å²) in [6.07, 6.45) is 5.45. The van der Waals surface area contributed by atoms with Crippen LogP contribution in [0.4, 0.5) is 5.69 Å². The highest BCUT2D eigenvalue weighted by Crippen LogP contribution is 2.27. The molecule has 0 saturated heterocycles. The molecule has 0 bridgehead atoms. The number of benzene rings is 1. The average Bonchev–Trinajstić information content (AvgIpc) is 2.47. The minimum atomic E-state index is -0.527. The highest BCUT2D eigenvalue weighted by molar-refractivity contribution is 6.34. The molecule has 1 saturated carbocycles. The Kier molecular flexibility index (Phi) is 5.17. The van der Waals surface area contributed by atoms with Gasteiger partial charge in [-0.15, -0.1) is 0 Å². The summed E-state index contributed by atoms with van der Waals surface area (Å²) < 4.78 is 0. The first-order chi connectivity index (χ1) is 10.0. The van der Waals surface area contributed by atoms with Crippen LogP contribution in [-0.4, -0.2) is 16.9 Å². The zero-order chi connectivity index (χ0) is 15.4. The van der Waals surface area contributed by atoms with Crippen LogP contribution in [0.2, 0.25) is 5.02 Å². The van der Waals surface area contributed by atoms with Crippen molar-refractivity contribution in [3.05, 3.63) is 38.9 Å². The molecule has 2 rings (SSSR count). The van der Waals surface area contributed by atoms with Gasteiger partial charge in [-0.2, -0.15) is 0 Å². The fraction of sp³-hybridized carbons (Fsp3) is 0.533. The Balaban J connectivity index is 2.05. The molecule has 1 aromatic rings. The maximum atomic E-state index is 12.2. The summed E-state index contributed by atoms with van der Waals surface area (Å²) in [6, 6.07) is 4.10. The number of nitro groups is 1. The number of nitro benzene ring substituents is 1. The van der Waals surface area contributed by atoms with E-state index >= 15 is 0 Å². The maximum Gasteiger partial charge on any atom is 0.270 e. The summed E-state index contributed by atoms with van der Waals surface area (Å²) in [5.74, 6) is 0.410. The predicted octanol–water partition coefficient (Wildman–Crippen LogP) is 3.95. The van der Waals surface area contributed by atoms with Gasteiger partial charge in [0, 0.05) is 18.2 Å². The van der Waals surface area contributed by atoms with Gasteiger partial charge >= 0.3 is 0 Å². The highest BCUT2D eigenvalue weighted by atomic mass is 35.5. The lowest BCUT2D eigenvalue weighted by molar-refractivity contribution is -0.384. The number of non-ortho nitro benzene ring substituents is 1. The quantitative estimate of drug-likeness (QED) is 0.676. The fourth-order valence-corrected chi connectivity index (χ4v) is 3.12. The molecule has 1 amide bonds. The SMILES string of the molecule is CCC1CCCC(NC(=O)c2ccc([N+](=O)[O-])cc2Cl)C1. The Bertz CT molecular complexity index is 548. The van der Waals surface area contributed by atoms with Crippen LogP contribution in [0.1, 0.15) is 49.4 Å². The van der Waals surface area contributed by atoms with Gasteiger partial charge in [-0.1, -0.05) is 37.8 Å². The molecule has 1 aromatic carbocycles. The van der Waals surface area contributed by atoms with Crippen LogP contribution in [0.15, 0.2) is 18.2 Å². The van der Waals surface area contributed by atoms with Crippen molar-refractivity contribution in [1.29, 1.82) is 0 Å². The second-order valence-corrected chi connectivity index (χ2v) is 5.94. The molecule has 21 heavy (non-hydrogen) atoms. The normalized spacial score (nSPS) is 21.8. The first-order valence-electron chi connectivity index (χ1n) is 7.26. The minimum absolute atomic E-state index is 0.111. The van der Waals surface area contributed by atoms with Crippen LogP contribution in [0.3, 0.4) is 0 Å². The Labute approximate surface area is 128 Å². The molecule has 2 unspecified atom stereocenters. The van der Waals surface area contributed by atoms with Crippen molar-refractivity contribution < 1.29 is 9.72 Å². The van der Waals surface area contributed by atoms with Crippen molar-refractivity contribution in [3.63, 3.8) is 0 Å². The van der Waals surface area contributed by atoms with Crippen LogP contribution < -0.4 is 5.32 Å². The van der Waals surface area contributed by atoms with Gasteiger partial charge in [0.2, 0.25) is 0 Å². The molecule has 0 aromatic heterocycles. The molecule has 6 heteroatoms. The summed E-state index contributed by atoms with van der Waals surface area (Å²) in [4.78, 5) is 22.4. The van der Waals surface area contributed by atoms with E-state index in [4.69, 9.17) is 11.6 Å². The standard InChI is InChI=1S/C15H19ClN2O3/c1-2-10-4-3-5-11(8-10)17-15(19)13-7-6-12(18(20)21)9-14(13)16/h6-7,9-11H,2-5,8H2,1H3,(H,17,19). The van der Waals surface area contributed by atoms with Crippen LogP contribution in [0.25, 0.3) is 0 Å². The monoisotopic (exact) mass is 310 g/mol. The van der Waals surface area contributed by atoms with E-state index in [9.17, 15) is 14.9 Å². The van der Waals surface area contributed by atoms with Crippen molar-refractivity contribution in [2.45, 2.75) is 45.1 Å². The van der Waals surface area contributed by atoms with Crippen molar-refractivity contribution >= 4 is 23.2 Å². The third-order valence-corrected chi connectivity index (χ3v) is 4.42. The summed E-state index contributed by atoms with van der Waals surface area (Å²) >= 11 is 5.98. The lowest BCUT2D eigenvalue weighted by Gasteiger charge is -2.29. The van der Waals surface area contributed by atoms with E-state index in [2.05, 4.69) is 12.2 Å². The number of hydrogen-bond donors (Lipinski definition) is 1. The highest BCUT2D eigenvalue weighted by Gasteiger charge is 2.23. The topological polar surface area (TPSA) is 72.2 Å². The zero-order valence-corrected chi connectivity index (χ0v) is 12.7. The molecule has 0 spiro atoms. The molecule has 2 atom stereocenters. The van der Waals surface area contributed by atoms with Gasteiger partial charge in [0.25, 0.3) is 11.6 Å². The van der Waals surface area contributed by atoms with Crippen LogP contribution in [0, 0.1) is 16.0 Å². The molecule has 1 aliphatic carbocycles. The third kappa shape index (κ3) is 3.94. The number of carbonyl (C=O) groups is 1. The Morgan fingerprint density at radius 3 is 2.86 bits per heavy atom. The molecule has 114 valence electrons. The summed E-state index contributed by atoms with van der Waals surface area (Å²) in [5.41, 5.74) is 0.182. The van der Waals surface area contributed by atoms with Crippen LogP contribution in [0.5, 0.6) is 0 Å². The number of carbonyl (C=O) groups excluding carboxylic acids is 1. The Morgan fingerprint density at radius 2 is 2.24 bits per heavy atom. The number of nitrogens with zero attached hydrogens (tertiary/aromatic N) is 1. The molecule has 0 radical (unpaired) electrons. The largest absolute Gasteiger partial charge is 0.349 e. The molecule has 1 fully saturated rings. The van der Waals surface area contributed by atoms with E-state index in [-0.39, 0.29) is 22.7 Å². The van der Waals surface area contributed by atoms with E-state index in [1.54, 1.807) is 0 Å². The smallest absolute Gasteiger partial charge is 0.270 e. The van der Waals surface area contributed by atoms with E-state index in [0.717, 1.165) is 25.7 Å². The summed E-state index contributed by atoms with van der Waals surface area (Å²) in [5, 5.41) is 13.8. The average molecular weight is 311 g/mol. The van der Waals surface area contributed by atoms with Crippen molar-refractivity contribution in [1.82, 2.24) is 5.32 Å². The molecular weight excluding hydrogens is 292 g/mol. The van der Waals surface area contributed by atoms with Gasteiger partial charge < -0.3 is 5.32 Å². The second kappa shape index (κ2) is 6.89. The van der Waals surface area contributed by atoms with Crippen molar-refractivity contribution in [3.8, 4) is 0 Å². The van der Waals surface area contributed by atoms with Gasteiger partial charge in [0.05, 0.1) is 15.5 Å². The number of rotatable bonds is 4. The van der Waals surface area contributed by atoms with Gasteiger partial charge in [0.15, 0.2) is 0 Å². The van der Waals surface area contributed by atoms with Crippen LogP contribution in [-0.2, 0) is 0 Å². The molecule has 5 nitrogen and oxygen atoms in total. The Hall–Kier alpha value is -1.62. The lowest BCUT2D eigenvalue weighted by Crippen LogP contribution is -2.38. The van der Waals surface area contributed by atoms with E-state index in [1.165, 1.54) is 24.6 Å². The minimum Gasteiger partial charge on any atom is -0.349 e. The molecule has 1 N–H and O–H groups in total. The molecule has 1 aliphatic rings. The molecule has 0 heterocycles. The number of hydrogen-bond acceptors (Lipinski definition) is 3. The zero-order valence-electron chi connectivity index (χ0n) is 12.0. The van der Waals surface area contributed by atoms with E-state index < -0.39 is 4.92 Å². The van der Waals surface area contributed by atoms with Gasteiger partial charge in [-0.25, -0.2) is 0 Å². The van der Waals surface area contributed by atoms with Crippen molar-refractivity contribution in [2.24, 2.45) is 5.92 Å². The number of amides is 1. The Morgan fingerprint density at radius 1 is 1.48 bits per heavy atom. The first kappa shape index (κ1) is 15.8. The molecule has 0 aliphatic heterocycles. The van der Waals surface area contributed by atoms with Gasteiger partial charge in [-0.05, 0) is 24.8 Å². The third-order valence-electron chi connectivity index (χ3n) is 4.10. The maximum absolute atomic E-state index is 12.2. The second-order valence-electron chi connectivity index (χ2n) is 5.53. The number of halogens is 1. The van der Waals surface area contributed by atoms with Gasteiger partial charge in [-0.3, -0.25) is 14.9 Å². The fourth-order valence-electron chi connectivity index (χ4n) is 2.86. The van der Waals surface area contributed by atoms with E-state index in [1.807, 2.05) is 0 Å². The van der Waals surface area contributed by atoms with Crippen LogP contribution >= 0.6 is 11.6 Å². The van der Waals surface area contributed by atoms with Crippen molar-refractivity contribution in [2.75, 3.05) is 0 Å². The first-order valence-corrected chi connectivity index (χ1v) is 7.63. The van der Waals surface area contributed by atoms with Gasteiger partial charge in [0.1, 0.15) is 0 Å². The lowest BCUT2D eigenvalue weighted by atomic mass is 9.84. The molecular formula is C15H19ClN2O3. The predicted molar refractivity (Wildman–Crippen MR) is 81.6 cm³/mol. The van der Waals surface area contributed by atoms with E-state index in [0.29, 0.717) is 11.5 Å². The number of nitrogens with one attached hydrogen (secondary N) is 1. The summed E-state index contributed by atoms with van der Waals surface area (Å²) in [7, 11) is 0. The summed E-state index contributed by atoms with van der Waals surface area (Å²) in [6.45, 7) is 2.17.